The Morgan fingerprint density at radius 3 is 2.25 bits per heavy atom. The molecular weight excluding hydrogens is 590 g/mol. The molecule has 3 unspecified atom stereocenters. The molecule has 2 heterocycles. The molecule has 0 radical (unpaired) electrons. The van der Waals surface area contributed by atoms with E-state index in [2.05, 4.69) is 67.3 Å². The molecule has 1 aliphatic carbocycles. The average Bonchev–Trinajstić information content (AvgIpc) is 3.33. The molecule has 44 heavy (non-hydrogen) atoms. The van der Waals surface area contributed by atoms with E-state index < -0.39 is 5.97 Å². The van der Waals surface area contributed by atoms with Crippen molar-refractivity contribution in [3.63, 3.8) is 0 Å². The Bertz CT molecular complexity index is 1460. The molecule has 0 spiro atoms. The van der Waals surface area contributed by atoms with Crippen molar-refractivity contribution in [3.05, 3.63) is 51.5 Å². The van der Waals surface area contributed by atoms with Crippen molar-refractivity contribution in [2.24, 2.45) is 34.5 Å². The maximum atomic E-state index is 14.5. The maximum absolute atomic E-state index is 14.5. The van der Waals surface area contributed by atoms with Gasteiger partial charge in [-0.05, 0) is 59.6 Å². The number of carbonyl (C=O) groups excluding carboxylic acids is 1. The highest BCUT2D eigenvalue weighted by Gasteiger charge is 2.48. The van der Waals surface area contributed by atoms with Crippen molar-refractivity contribution in [2.45, 2.75) is 112 Å². The molecule has 1 aliphatic rings. The number of nitrogens with zero attached hydrogens (tertiary/aromatic N) is 2. The number of carbonyl (C=O) groups is 1. The van der Waals surface area contributed by atoms with E-state index in [-0.39, 0.29) is 34.5 Å². The quantitative estimate of drug-likeness (QED) is 0.176. The summed E-state index contributed by atoms with van der Waals surface area (Å²) in [7, 11) is 0. The van der Waals surface area contributed by atoms with Crippen LogP contribution in [0.4, 0.5) is 0 Å². The van der Waals surface area contributed by atoms with E-state index in [0.29, 0.717) is 38.8 Å². The second-order valence-corrected chi connectivity index (χ2v) is 16.5. The van der Waals surface area contributed by atoms with Crippen LogP contribution in [0.15, 0.2) is 40.4 Å². The highest BCUT2D eigenvalue weighted by Crippen LogP contribution is 2.50. The third-order valence-electron chi connectivity index (χ3n) is 9.55. The molecule has 242 valence electrons. The fourth-order valence-electron chi connectivity index (χ4n) is 6.80. The van der Waals surface area contributed by atoms with Crippen molar-refractivity contribution >= 4 is 35.0 Å². The molecule has 3 aromatic rings. The van der Waals surface area contributed by atoms with Crippen LogP contribution in [0.2, 0.25) is 5.02 Å². The van der Waals surface area contributed by atoms with Crippen molar-refractivity contribution in [1.29, 1.82) is 0 Å². The zero-order chi connectivity index (χ0) is 32.4. The van der Waals surface area contributed by atoms with E-state index in [9.17, 15) is 9.59 Å². The van der Waals surface area contributed by atoms with E-state index in [1.165, 1.54) is 10.8 Å². The van der Waals surface area contributed by atoms with Gasteiger partial charge in [0.1, 0.15) is 11.7 Å². The second kappa shape index (κ2) is 14.0. The molecule has 1 aromatic carbocycles. The van der Waals surface area contributed by atoms with Crippen molar-refractivity contribution < 1.29 is 9.53 Å². The van der Waals surface area contributed by atoms with E-state index in [0.717, 1.165) is 43.4 Å². The Labute approximate surface area is 273 Å². The summed E-state index contributed by atoms with van der Waals surface area (Å²) in [5, 5.41) is 1.13. The molecule has 1 N–H and O–H groups in total. The maximum Gasteiger partial charge on any atom is 0.342 e. The van der Waals surface area contributed by atoms with Crippen molar-refractivity contribution in [1.82, 2.24) is 14.4 Å². The number of H-pyrrole nitrogens is 1. The van der Waals surface area contributed by atoms with Gasteiger partial charge in [0, 0.05) is 34.4 Å². The minimum absolute atomic E-state index is 0.0439. The number of benzene rings is 1. The standard InChI is InChI=1S/C36H52ClN3O3S/c1-10-12-13-23(11-2)21-44-33-38-31-29(26(20-40(31)34(42)39-33)24-14-16-25(37)17-15-24)32(41)43-30-27(35(4,5)6)18-22(3)19-28(30)36(7,8)9/h14-17,20,22-23,27-28,30H,10-13,18-19,21H2,1-9H3,(H,38,39,42). The normalized spacial score (nSPS) is 21.9. The van der Waals surface area contributed by atoms with E-state index >= 15 is 0 Å². The van der Waals surface area contributed by atoms with Crippen molar-refractivity contribution in [2.75, 3.05) is 5.75 Å². The summed E-state index contributed by atoms with van der Waals surface area (Å²) in [4.78, 5) is 35.8. The Kier molecular flexibility index (Phi) is 11.0. The molecule has 1 saturated carbocycles. The van der Waals surface area contributed by atoms with Crippen LogP contribution in [0.1, 0.15) is 111 Å². The molecule has 2 aromatic heterocycles. The highest BCUT2D eigenvalue weighted by molar-refractivity contribution is 7.99. The number of fused-ring (bicyclic) bond motifs is 1. The number of ether oxygens (including phenoxy) is 1. The van der Waals surface area contributed by atoms with Gasteiger partial charge in [-0.25, -0.2) is 14.6 Å². The smallest absolute Gasteiger partial charge is 0.342 e. The Balaban J connectivity index is 1.81. The fraction of sp³-hybridized carbons (Fsp3) is 0.639. The van der Waals surface area contributed by atoms with Gasteiger partial charge in [-0.15, -0.1) is 0 Å². The molecule has 1 fully saturated rings. The summed E-state index contributed by atoms with van der Waals surface area (Å²) in [6, 6.07) is 7.33. The number of rotatable bonds is 10. The largest absolute Gasteiger partial charge is 0.458 e. The minimum Gasteiger partial charge on any atom is -0.458 e. The molecule has 0 amide bonds. The average molecular weight is 642 g/mol. The second-order valence-electron chi connectivity index (χ2n) is 15.1. The van der Waals surface area contributed by atoms with E-state index in [4.69, 9.17) is 21.3 Å². The molecule has 3 atom stereocenters. The van der Waals surface area contributed by atoms with Crippen LogP contribution < -0.4 is 5.69 Å². The summed E-state index contributed by atoms with van der Waals surface area (Å²) in [5.74, 6) is 1.92. The lowest BCUT2D eigenvalue weighted by Crippen LogP contribution is -2.49. The van der Waals surface area contributed by atoms with Gasteiger partial charge in [0.25, 0.3) is 0 Å². The number of nitrogens with one attached hydrogen (secondary N) is 1. The van der Waals surface area contributed by atoms with Gasteiger partial charge >= 0.3 is 11.7 Å². The summed E-state index contributed by atoms with van der Waals surface area (Å²) in [6.45, 7) is 20.2. The van der Waals surface area contributed by atoms with Crippen LogP contribution in [0.5, 0.6) is 0 Å². The minimum atomic E-state index is -0.427. The molecule has 0 saturated heterocycles. The Hall–Kier alpha value is -2.25. The summed E-state index contributed by atoms with van der Waals surface area (Å²) in [6.07, 6.45) is 8.03. The molecular formula is C36H52ClN3O3S. The van der Waals surface area contributed by atoms with Gasteiger partial charge < -0.3 is 4.74 Å². The van der Waals surface area contributed by atoms with Crippen LogP contribution in [-0.2, 0) is 4.74 Å². The lowest BCUT2D eigenvalue weighted by molar-refractivity contribution is -0.0922. The number of esters is 1. The third-order valence-corrected chi connectivity index (χ3v) is 10.9. The monoisotopic (exact) mass is 641 g/mol. The van der Waals surface area contributed by atoms with Gasteiger partial charge in [-0.1, -0.05) is 117 Å². The number of unbranched alkanes of at least 4 members (excludes halogenated alkanes) is 1. The topological polar surface area (TPSA) is 76.5 Å². The summed E-state index contributed by atoms with van der Waals surface area (Å²) in [5.41, 5.74) is 1.65. The Morgan fingerprint density at radius 2 is 1.70 bits per heavy atom. The number of aromatic amines is 1. The lowest BCUT2D eigenvalue weighted by atomic mass is 9.59. The number of hydrogen-bond donors (Lipinski definition) is 1. The summed E-state index contributed by atoms with van der Waals surface area (Å²) >= 11 is 7.77. The van der Waals surface area contributed by atoms with Gasteiger partial charge in [0.05, 0.1) is 0 Å². The van der Waals surface area contributed by atoms with Crippen LogP contribution in [0.3, 0.4) is 0 Å². The summed E-state index contributed by atoms with van der Waals surface area (Å²) < 4.78 is 8.11. The molecule has 0 bridgehead atoms. The van der Waals surface area contributed by atoms with Crippen LogP contribution in [-0.4, -0.2) is 32.2 Å². The number of aromatic nitrogens is 3. The molecule has 8 heteroatoms. The number of halogens is 1. The van der Waals surface area contributed by atoms with Gasteiger partial charge in [0.2, 0.25) is 0 Å². The van der Waals surface area contributed by atoms with Gasteiger partial charge in [-0.3, -0.25) is 9.38 Å². The first-order chi connectivity index (χ1) is 20.6. The molecule has 4 rings (SSSR count). The van der Waals surface area contributed by atoms with Gasteiger partial charge in [-0.2, -0.15) is 0 Å². The third kappa shape index (κ3) is 7.93. The van der Waals surface area contributed by atoms with Gasteiger partial charge in [0.15, 0.2) is 10.8 Å². The predicted octanol–water partition coefficient (Wildman–Crippen LogP) is 9.93. The van der Waals surface area contributed by atoms with Crippen LogP contribution >= 0.6 is 23.4 Å². The first-order valence-electron chi connectivity index (χ1n) is 16.4. The SMILES string of the molecule is CCCCC(CC)CSc1nc2c(C(=O)OC3C(C(C)(C)C)CC(C)CC3C(C)(C)C)c(-c3ccc(Cl)cc3)cn2c(=O)[nH]1. The first kappa shape index (κ1) is 34.6. The zero-order valence-electron chi connectivity index (χ0n) is 28.1. The van der Waals surface area contributed by atoms with E-state index in [1.54, 1.807) is 30.1 Å². The van der Waals surface area contributed by atoms with Crippen LogP contribution in [0.25, 0.3) is 16.8 Å². The molecule has 6 nitrogen and oxygen atoms in total. The van der Waals surface area contributed by atoms with E-state index in [1.807, 2.05) is 12.1 Å². The predicted molar refractivity (Wildman–Crippen MR) is 184 cm³/mol. The van der Waals surface area contributed by atoms with Crippen molar-refractivity contribution in [3.8, 4) is 11.1 Å². The number of hydrogen-bond acceptors (Lipinski definition) is 5. The lowest BCUT2D eigenvalue weighted by Gasteiger charge is -2.50. The number of thioether (sulfide) groups is 1. The highest BCUT2D eigenvalue weighted by atomic mass is 35.5. The Morgan fingerprint density at radius 1 is 1.09 bits per heavy atom. The van der Waals surface area contributed by atoms with Crippen LogP contribution in [0, 0.1) is 34.5 Å². The fourth-order valence-corrected chi connectivity index (χ4v) is 8.03. The first-order valence-corrected chi connectivity index (χ1v) is 17.7. The molecule has 0 aliphatic heterocycles. The zero-order valence-corrected chi connectivity index (χ0v) is 29.7.